The fourth-order valence-corrected chi connectivity index (χ4v) is 3.30. The van der Waals surface area contributed by atoms with Crippen LogP contribution < -0.4 is 4.90 Å². The minimum absolute atomic E-state index is 0.110. The maximum Gasteiger partial charge on any atom is 0.227 e. The van der Waals surface area contributed by atoms with Gasteiger partial charge in [0.25, 0.3) is 0 Å². The quantitative estimate of drug-likeness (QED) is 0.803. The van der Waals surface area contributed by atoms with E-state index in [1.54, 1.807) is 7.11 Å². The van der Waals surface area contributed by atoms with Crippen LogP contribution >= 0.6 is 0 Å². The first-order valence-corrected chi connectivity index (χ1v) is 8.89. The summed E-state index contributed by atoms with van der Waals surface area (Å²) in [6, 6.07) is 8.44. The number of nitrogens with zero attached hydrogens (tertiary/aromatic N) is 3. The van der Waals surface area contributed by atoms with E-state index in [1.807, 2.05) is 30.0 Å². The topological polar surface area (TPSA) is 68.5 Å². The predicted molar refractivity (Wildman–Crippen MR) is 94.4 cm³/mol. The molecule has 0 saturated heterocycles. The van der Waals surface area contributed by atoms with Crippen molar-refractivity contribution in [1.82, 2.24) is 10.1 Å². The molecule has 0 aliphatic carbocycles. The highest BCUT2D eigenvalue weighted by Gasteiger charge is 2.29. The van der Waals surface area contributed by atoms with E-state index < -0.39 is 0 Å². The third-order valence-corrected chi connectivity index (χ3v) is 4.86. The Morgan fingerprint density at radius 1 is 1.44 bits per heavy atom. The fourth-order valence-electron chi connectivity index (χ4n) is 3.30. The van der Waals surface area contributed by atoms with Crippen molar-refractivity contribution in [3.8, 4) is 0 Å². The summed E-state index contributed by atoms with van der Waals surface area (Å²) in [5, 5.41) is 3.91. The number of ether oxygens (including phenoxy) is 1. The van der Waals surface area contributed by atoms with Crippen molar-refractivity contribution in [2.75, 3.05) is 12.0 Å². The fraction of sp³-hybridized carbons (Fsp3) is 0.526. The zero-order chi connectivity index (χ0) is 17.8. The molecular weight excluding hydrogens is 318 g/mol. The second kappa shape index (κ2) is 7.78. The van der Waals surface area contributed by atoms with Gasteiger partial charge in [0.05, 0.1) is 0 Å². The number of anilines is 1. The van der Waals surface area contributed by atoms with Crippen LogP contribution in [0.4, 0.5) is 5.69 Å². The highest BCUT2D eigenvalue weighted by atomic mass is 16.5. The Balaban J connectivity index is 1.70. The van der Waals surface area contributed by atoms with E-state index in [0.29, 0.717) is 24.6 Å². The van der Waals surface area contributed by atoms with Crippen LogP contribution in [0.15, 0.2) is 28.8 Å². The van der Waals surface area contributed by atoms with E-state index in [9.17, 15) is 4.79 Å². The van der Waals surface area contributed by atoms with Crippen LogP contribution in [0.1, 0.15) is 56.5 Å². The van der Waals surface area contributed by atoms with Gasteiger partial charge < -0.3 is 14.2 Å². The molecule has 3 rings (SSSR count). The largest absolute Gasteiger partial charge is 0.374 e. The molecule has 0 saturated carbocycles. The smallest absolute Gasteiger partial charge is 0.227 e. The number of carbonyl (C=O) groups excluding carboxylic acids is 1. The molecule has 0 N–H and O–H groups in total. The molecule has 2 aromatic rings. The van der Waals surface area contributed by atoms with Crippen molar-refractivity contribution < 1.29 is 14.1 Å². The summed E-state index contributed by atoms with van der Waals surface area (Å²) in [4.78, 5) is 19.2. The minimum Gasteiger partial charge on any atom is -0.374 e. The molecule has 1 aliphatic heterocycles. The average molecular weight is 343 g/mol. The first-order chi connectivity index (χ1) is 12.1. The third kappa shape index (κ3) is 3.74. The second-order valence-electron chi connectivity index (χ2n) is 6.42. The molecule has 0 radical (unpaired) electrons. The van der Waals surface area contributed by atoms with Gasteiger partial charge in [-0.25, -0.2) is 0 Å². The van der Waals surface area contributed by atoms with Gasteiger partial charge in [0.1, 0.15) is 6.10 Å². The van der Waals surface area contributed by atoms with Crippen LogP contribution in [0.25, 0.3) is 0 Å². The van der Waals surface area contributed by atoms with E-state index in [0.717, 1.165) is 24.9 Å². The highest BCUT2D eigenvalue weighted by Crippen LogP contribution is 2.32. The highest BCUT2D eigenvalue weighted by molar-refractivity contribution is 5.95. The number of amides is 1. The molecule has 0 fully saturated rings. The summed E-state index contributed by atoms with van der Waals surface area (Å²) in [7, 11) is 1.60. The van der Waals surface area contributed by atoms with Crippen molar-refractivity contribution in [2.45, 2.75) is 58.1 Å². The number of hydrogen-bond donors (Lipinski definition) is 0. The number of hydrogen-bond acceptors (Lipinski definition) is 5. The average Bonchev–Trinajstić information content (AvgIpc) is 3.13. The number of para-hydroxylation sites is 1. The van der Waals surface area contributed by atoms with Gasteiger partial charge in [0.15, 0.2) is 5.82 Å². The van der Waals surface area contributed by atoms with Gasteiger partial charge >= 0.3 is 0 Å². The Morgan fingerprint density at radius 3 is 3.00 bits per heavy atom. The van der Waals surface area contributed by atoms with Crippen LogP contribution in [0.3, 0.4) is 0 Å². The molecule has 6 heteroatoms. The summed E-state index contributed by atoms with van der Waals surface area (Å²) in [5.41, 5.74) is 2.29. The lowest BCUT2D eigenvalue weighted by atomic mass is 9.94. The van der Waals surface area contributed by atoms with Gasteiger partial charge in [-0.05, 0) is 37.8 Å². The monoisotopic (exact) mass is 343 g/mol. The lowest BCUT2D eigenvalue weighted by Gasteiger charge is -2.37. The van der Waals surface area contributed by atoms with Crippen molar-refractivity contribution in [3.05, 3.63) is 41.5 Å². The van der Waals surface area contributed by atoms with Crippen molar-refractivity contribution in [1.29, 1.82) is 0 Å². The normalized spacial score (nSPS) is 18.0. The zero-order valence-electron chi connectivity index (χ0n) is 15.1. The maximum absolute atomic E-state index is 12.9. The number of methoxy groups -OCH3 is 1. The Labute approximate surface area is 148 Å². The Hall–Kier alpha value is -2.21. The van der Waals surface area contributed by atoms with Crippen LogP contribution in [-0.2, 0) is 22.4 Å². The van der Waals surface area contributed by atoms with E-state index in [-0.39, 0.29) is 18.1 Å². The van der Waals surface area contributed by atoms with Crippen molar-refractivity contribution in [3.63, 3.8) is 0 Å². The van der Waals surface area contributed by atoms with Gasteiger partial charge in [-0.15, -0.1) is 0 Å². The lowest BCUT2D eigenvalue weighted by molar-refractivity contribution is -0.119. The standard InChI is InChI=1S/C19H25N3O3/c1-4-15-10-9-14-7-5-6-8-16(14)22(15)18(23)12-11-17-20-19(21-25-17)13(2)24-3/h5-8,13,15H,4,9-12H2,1-3H3/t13-,15+/m0/s1. The van der Waals surface area contributed by atoms with E-state index in [1.165, 1.54) is 5.56 Å². The molecule has 2 heterocycles. The molecule has 0 bridgehead atoms. The second-order valence-corrected chi connectivity index (χ2v) is 6.42. The molecule has 0 unspecified atom stereocenters. The number of benzene rings is 1. The van der Waals surface area contributed by atoms with E-state index >= 15 is 0 Å². The SMILES string of the molecule is CC[C@@H]1CCc2ccccc2N1C(=O)CCc1nc([C@H](C)OC)no1. The molecule has 0 spiro atoms. The number of carbonyl (C=O) groups is 1. The Bertz CT molecular complexity index is 728. The molecule has 134 valence electrons. The number of aromatic nitrogens is 2. The maximum atomic E-state index is 12.9. The molecular formula is C19H25N3O3. The van der Waals surface area contributed by atoms with Gasteiger partial charge in [0.2, 0.25) is 11.8 Å². The van der Waals surface area contributed by atoms with Gasteiger partial charge in [-0.1, -0.05) is 30.3 Å². The summed E-state index contributed by atoms with van der Waals surface area (Å²) in [6.45, 7) is 3.99. The first-order valence-electron chi connectivity index (χ1n) is 8.89. The summed E-state index contributed by atoms with van der Waals surface area (Å²) in [6.07, 6.45) is 3.57. The molecule has 1 aliphatic rings. The van der Waals surface area contributed by atoms with E-state index in [2.05, 4.69) is 23.1 Å². The van der Waals surface area contributed by atoms with Crippen LogP contribution in [0.5, 0.6) is 0 Å². The van der Waals surface area contributed by atoms with Gasteiger partial charge in [0, 0.05) is 31.7 Å². The summed E-state index contributed by atoms with van der Waals surface area (Å²) >= 11 is 0. The first kappa shape index (κ1) is 17.6. The molecule has 1 aromatic heterocycles. The zero-order valence-corrected chi connectivity index (χ0v) is 15.1. The van der Waals surface area contributed by atoms with Gasteiger partial charge in [-0.3, -0.25) is 4.79 Å². The van der Waals surface area contributed by atoms with Crippen molar-refractivity contribution >= 4 is 11.6 Å². The molecule has 2 atom stereocenters. The van der Waals surface area contributed by atoms with Crippen molar-refractivity contribution in [2.24, 2.45) is 0 Å². The number of aryl methyl sites for hydroxylation is 2. The Morgan fingerprint density at radius 2 is 2.24 bits per heavy atom. The van der Waals surface area contributed by atoms with Crippen LogP contribution in [-0.4, -0.2) is 29.2 Å². The third-order valence-electron chi connectivity index (χ3n) is 4.86. The lowest BCUT2D eigenvalue weighted by Crippen LogP contribution is -2.43. The molecule has 1 aromatic carbocycles. The molecule has 25 heavy (non-hydrogen) atoms. The summed E-state index contributed by atoms with van der Waals surface area (Å²) < 4.78 is 10.4. The molecule has 6 nitrogen and oxygen atoms in total. The number of rotatable bonds is 6. The van der Waals surface area contributed by atoms with Crippen LogP contribution in [0.2, 0.25) is 0 Å². The predicted octanol–water partition coefficient (Wildman–Crippen LogP) is 3.47. The number of fused-ring (bicyclic) bond motifs is 1. The van der Waals surface area contributed by atoms with E-state index in [4.69, 9.17) is 9.26 Å². The van der Waals surface area contributed by atoms with Gasteiger partial charge in [-0.2, -0.15) is 4.98 Å². The summed E-state index contributed by atoms with van der Waals surface area (Å²) in [5.74, 6) is 1.10. The molecule has 1 amide bonds. The van der Waals surface area contributed by atoms with Crippen LogP contribution in [0, 0.1) is 0 Å². The Kier molecular flexibility index (Phi) is 5.48. The minimum atomic E-state index is -0.216.